The fraction of sp³-hybridized carbons (Fsp3) is 0.500. The minimum absolute atomic E-state index is 0.00981. The molecule has 8 nitrogen and oxygen atoms in total. The maximum atomic E-state index is 13.2. The monoisotopic (exact) mass is 592 g/mol. The summed E-state index contributed by atoms with van der Waals surface area (Å²) in [6.45, 7) is 4.22. The maximum Gasteiger partial charge on any atom is 0.242 e. The molecule has 3 saturated heterocycles. The van der Waals surface area contributed by atoms with Gasteiger partial charge in [-0.25, -0.2) is 8.42 Å². The molecule has 0 spiro atoms. The number of rotatable bonds is 8. The van der Waals surface area contributed by atoms with Crippen LogP contribution in [0.25, 0.3) is 11.1 Å². The molecule has 1 N–H and O–H groups in total. The van der Waals surface area contributed by atoms with Crippen molar-refractivity contribution in [3.8, 4) is 11.1 Å². The number of hydrogen-bond acceptors (Lipinski definition) is 5. The van der Waals surface area contributed by atoms with Crippen molar-refractivity contribution in [2.45, 2.75) is 55.5 Å². The lowest BCUT2D eigenvalue weighted by Crippen LogP contribution is -2.55. The Kier molecular flexibility index (Phi) is 8.83. The quantitative estimate of drug-likeness (QED) is 0.500. The molecule has 0 bridgehead atoms. The van der Waals surface area contributed by atoms with Gasteiger partial charge in [-0.1, -0.05) is 41.4 Å². The molecule has 2 aromatic rings. The van der Waals surface area contributed by atoms with E-state index in [-0.39, 0.29) is 29.3 Å². The van der Waals surface area contributed by atoms with Gasteiger partial charge in [0, 0.05) is 41.3 Å². The van der Waals surface area contributed by atoms with Gasteiger partial charge in [0.2, 0.25) is 21.8 Å². The van der Waals surface area contributed by atoms with Crippen LogP contribution in [0.5, 0.6) is 0 Å². The molecule has 2 amide bonds. The molecule has 3 fully saturated rings. The van der Waals surface area contributed by atoms with Gasteiger partial charge in [-0.05, 0) is 81.4 Å². The van der Waals surface area contributed by atoms with Gasteiger partial charge in [0.05, 0.1) is 11.4 Å². The van der Waals surface area contributed by atoms with Gasteiger partial charge in [-0.3, -0.25) is 9.59 Å². The van der Waals surface area contributed by atoms with Crippen LogP contribution in [0, 0.1) is 0 Å². The van der Waals surface area contributed by atoms with E-state index >= 15 is 0 Å². The highest BCUT2D eigenvalue weighted by Gasteiger charge is 2.36. The van der Waals surface area contributed by atoms with Crippen molar-refractivity contribution in [3.63, 3.8) is 0 Å². The second-order valence-corrected chi connectivity index (χ2v) is 13.2. The molecular formula is C28H34Cl2N4O4S. The zero-order valence-corrected chi connectivity index (χ0v) is 24.1. The lowest BCUT2D eigenvalue weighted by molar-refractivity contribution is -0.143. The lowest BCUT2D eigenvalue weighted by atomic mass is 10.1. The molecule has 11 heteroatoms. The number of hydrogen-bond donors (Lipinski definition) is 1. The van der Waals surface area contributed by atoms with Gasteiger partial charge in [0.25, 0.3) is 0 Å². The summed E-state index contributed by atoms with van der Waals surface area (Å²) in [6.07, 6.45) is 5.40. The summed E-state index contributed by atoms with van der Waals surface area (Å²) in [5, 5.41) is 0.984. The summed E-state index contributed by atoms with van der Waals surface area (Å²) in [4.78, 5) is 32.4. The SMILES string of the molecule is O=C1[C@@H](NS(=O)(=O)c2ccc(-c3ccc(Cl)cc3Cl)cc2)CCCN1CC(=O)N1CCC[C@H]1CN1CCCC1. The van der Waals surface area contributed by atoms with Crippen molar-refractivity contribution in [1.82, 2.24) is 19.4 Å². The number of benzene rings is 2. The number of nitrogens with zero attached hydrogens (tertiary/aromatic N) is 3. The van der Waals surface area contributed by atoms with Gasteiger partial charge in [-0.2, -0.15) is 4.72 Å². The van der Waals surface area contributed by atoms with Crippen LogP contribution in [-0.4, -0.2) is 86.3 Å². The summed E-state index contributed by atoms with van der Waals surface area (Å²) in [5.41, 5.74) is 1.49. The first kappa shape index (κ1) is 28.4. The summed E-state index contributed by atoms with van der Waals surface area (Å²) >= 11 is 12.3. The highest BCUT2D eigenvalue weighted by atomic mass is 35.5. The van der Waals surface area contributed by atoms with E-state index in [0.717, 1.165) is 43.6 Å². The third-order valence-corrected chi connectivity index (χ3v) is 9.96. The van der Waals surface area contributed by atoms with Gasteiger partial charge in [0.1, 0.15) is 6.04 Å². The van der Waals surface area contributed by atoms with Crippen molar-refractivity contribution >= 4 is 45.0 Å². The molecule has 3 aliphatic heterocycles. The van der Waals surface area contributed by atoms with Gasteiger partial charge in [0.15, 0.2) is 0 Å². The van der Waals surface area contributed by atoms with E-state index in [9.17, 15) is 18.0 Å². The number of amides is 2. The fourth-order valence-electron chi connectivity index (χ4n) is 5.87. The smallest absolute Gasteiger partial charge is 0.242 e. The normalized spacial score (nSPS) is 22.6. The summed E-state index contributed by atoms with van der Waals surface area (Å²) in [7, 11) is -3.95. The average molecular weight is 594 g/mol. The van der Waals surface area contributed by atoms with Crippen molar-refractivity contribution in [1.29, 1.82) is 0 Å². The molecule has 0 saturated carbocycles. The minimum Gasteiger partial charge on any atom is -0.337 e. The molecule has 39 heavy (non-hydrogen) atoms. The van der Waals surface area contributed by atoms with Crippen LogP contribution in [0.15, 0.2) is 47.4 Å². The minimum atomic E-state index is -3.95. The zero-order chi connectivity index (χ0) is 27.6. The van der Waals surface area contributed by atoms with Crippen molar-refractivity contribution < 1.29 is 18.0 Å². The second kappa shape index (κ2) is 12.1. The topological polar surface area (TPSA) is 90.0 Å². The Morgan fingerprint density at radius 1 is 0.923 bits per heavy atom. The van der Waals surface area contributed by atoms with Crippen molar-refractivity contribution in [3.05, 3.63) is 52.5 Å². The van der Waals surface area contributed by atoms with Crippen LogP contribution >= 0.6 is 23.2 Å². The first-order chi connectivity index (χ1) is 18.7. The zero-order valence-electron chi connectivity index (χ0n) is 21.8. The summed E-state index contributed by atoms with van der Waals surface area (Å²) < 4.78 is 28.9. The van der Waals surface area contributed by atoms with Crippen molar-refractivity contribution in [2.75, 3.05) is 39.3 Å². The highest BCUT2D eigenvalue weighted by molar-refractivity contribution is 7.89. The van der Waals surface area contributed by atoms with E-state index in [1.54, 1.807) is 30.3 Å². The van der Waals surface area contributed by atoms with E-state index in [2.05, 4.69) is 9.62 Å². The van der Waals surface area contributed by atoms with E-state index in [4.69, 9.17) is 23.2 Å². The Bertz CT molecular complexity index is 1320. The molecule has 5 rings (SSSR count). The Morgan fingerprint density at radius 2 is 1.64 bits per heavy atom. The Morgan fingerprint density at radius 3 is 2.36 bits per heavy atom. The number of sulfonamides is 1. The number of carbonyl (C=O) groups is 2. The molecule has 3 aliphatic rings. The molecule has 0 radical (unpaired) electrons. The van der Waals surface area contributed by atoms with Crippen LogP contribution in [0.2, 0.25) is 10.0 Å². The lowest BCUT2D eigenvalue weighted by Gasteiger charge is -2.34. The molecule has 210 valence electrons. The molecule has 0 aromatic heterocycles. The molecular weight excluding hydrogens is 559 g/mol. The van der Waals surface area contributed by atoms with E-state index in [1.165, 1.54) is 29.9 Å². The number of piperidine rings is 1. The summed E-state index contributed by atoms with van der Waals surface area (Å²) in [5.74, 6) is -0.400. The van der Waals surface area contributed by atoms with E-state index < -0.39 is 16.1 Å². The van der Waals surface area contributed by atoms with Crippen LogP contribution in [-0.2, 0) is 19.6 Å². The number of halogens is 2. The third-order valence-electron chi connectivity index (χ3n) is 7.93. The van der Waals surface area contributed by atoms with Crippen LogP contribution in [0.4, 0.5) is 0 Å². The summed E-state index contributed by atoms with van der Waals surface area (Å²) in [6, 6.07) is 10.7. The largest absolute Gasteiger partial charge is 0.337 e. The average Bonchev–Trinajstić information content (AvgIpc) is 3.59. The van der Waals surface area contributed by atoms with E-state index in [1.807, 2.05) is 4.90 Å². The standard InChI is InChI=1S/C28H34Cl2N4O4S/c29-21-9-12-24(25(30)17-21)20-7-10-23(11-8-20)39(37,38)31-26-6-4-15-33(28(26)36)19-27(35)34-16-3-5-22(34)18-32-13-1-2-14-32/h7-12,17,22,26,31H,1-6,13-16,18-19H2/t22-,26-/m0/s1. The molecule has 2 atom stereocenters. The first-order valence-electron chi connectivity index (χ1n) is 13.6. The Labute approximate surface area is 240 Å². The molecule has 2 aromatic carbocycles. The first-order valence-corrected chi connectivity index (χ1v) is 15.8. The van der Waals surface area contributed by atoms with Crippen LogP contribution in [0.1, 0.15) is 38.5 Å². The van der Waals surface area contributed by atoms with Crippen LogP contribution in [0.3, 0.4) is 0 Å². The number of likely N-dealkylation sites (tertiary alicyclic amines) is 3. The maximum absolute atomic E-state index is 13.2. The Balaban J connectivity index is 1.21. The molecule has 3 heterocycles. The van der Waals surface area contributed by atoms with Gasteiger partial charge in [-0.15, -0.1) is 0 Å². The molecule has 0 aliphatic carbocycles. The van der Waals surface area contributed by atoms with E-state index in [0.29, 0.717) is 36.0 Å². The number of nitrogens with one attached hydrogen (secondary N) is 1. The molecule has 0 unspecified atom stereocenters. The van der Waals surface area contributed by atoms with Crippen LogP contribution < -0.4 is 4.72 Å². The Hall–Kier alpha value is -2.17. The predicted molar refractivity (Wildman–Crippen MR) is 152 cm³/mol. The fourth-order valence-corrected chi connectivity index (χ4v) is 7.61. The predicted octanol–water partition coefficient (Wildman–Crippen LogP) is 4.02. The highest BCUT2D eigenvalue weighted by Crippen LogP contribution is 2.31. The second-order valence-electron chi connectivity index (χ2n) is 10.6. The van der Waals surface area contributed by atoms with Crippen molar-refractivity contribution in [2.24, 2.45) is 0 Å². The van der Waals surface area contributed by atoms with Gasteiger partial charge < -0.3 is 14.7 Å². The number of carbonyl (C=O) groups excluding carboxylic acids is 2. The van der Waals surface area contributed by atoms with Gasteiger partial charge >= 0.3 is 0 Å². The third kappa shape index (κ3) is 6.60.